The van der Waals surface area contributed by atoms with Gasteiger partial charge in [0.1, 0.15) is 0 Å². The molecular formula is C12H27N3. The number of rotatable bonds is 3. The van der Waals surface area contributed by atoms with Crippen LogP contribution >= 0.6 is 0 Å². The molecule has 0 aliphatic carbocycles. The highest BCUT2D eigenvalue weighted by Gasteiger charge is 2.39. The third kappa shape index (κ3) is 2.52. The van der Waals surface area contributed by atoms with E-state index in [2.05, 4.69) is 44.7 Å². The molecule has 1 fully saturated rings. The standard InChI is InChI=1S/C12H27N3/c1-10(2)15(5)12(9-13)6-7-14(4)11(3)8-12/h10-11H,6-9,13H2,1-5H3. The number of hydrogen-bond acceptors (Lipinski definition) is 3. The van der Waals surface area contributed by atoms with Crippen molar-refractivity contribution in [3.05, 3.63) is 0 Å². The molecule has 15 heavy (non-hydrogen) atoms. The summed E-state index contributed by atoms with van der Waals surface area (Å²) < 4.78 is 0. The third-order valence-corrected chi connectivity index (χ3v) is 4.26. The Morgan fingerprint density at radius 3 is 2.53 bits per heavy atom. The number of likely N-dealkylation sites (N-methyl/N-ethyl adjacent to an activating group) is 1. The van der Waals surface area contributed by atoms with Gasteiger partial charge in [-0.1, -0.05) is 0 Å². The van der Waals surface area contributed by atoms with Gasteiger partial charge >= 0.3 is 0 Å². The Morgan fingerprint density at radius 1 is 1.53 bits per heavy atom. The molecule has 0 aromatic heterocycles. The van der Waals surface area contributed by atoms with E-state index in [9.17, 15) is 0 Å². The van der Waals surface area contributed by atoms with E-state index in [1.165, 1.54) is 12.8 Å². The van der Waals surface area contributed by atoms with Gasteiger partial charge in [0.25, 0.3) is 0 Å². The van der Waals surface area contributed by atoms with Crippen LogP contribution in [0.4, 0.5) is 0 Å². The van der Waals surface area contributed by atoms with Gasteiger partial charge in [-0.2, -0.15) is 0 Å². The van der Waals surface area contributed by atoms with Crippen molar-refractivity contribution >= 4 is 0 Å². The smallest absolute Gasteiger partial charge is 0.0358 e. The number of nitrogens with two attached hydrogens (primary N) is 1. The van der Waals surface area contributed by atoms with Crippen LogP contribution < -0.4 is 5.73 Å². The molecule has 1 heterocycles. The molecule has 0 spiro atoms. The highest BCUT2D eigenvalue weighted by Crippen LogP contribution is 2.31. The molecular weight excluding hydrogens is 186 g/mol. The zero-order valence-corrected chi connectivity index (χ0v) is 11.0. The minimum Gasteiger partial charge on any atom is -0.329 e. The van der Waals surface area contributed by atoms with Gasteiger partial charge in [-0.15, -0.1) is 0 Å². The van der Waals surface area contributed by atoms with Crippen molar-refractivity contribution in [3.63, 3.8) is 0 Å². The van der Waals surface area contributed by atoms with E-state index in [0.29, 0.717) is 12.1 Å². The first kappa shape index (κ1) is 12.9. The maximum Gasteiger partial charge on any atom is 0.0358 e. The van der Waals surface area contributed by atoms with Crippen molar-refractivity contribution in [1.82, 2.24) is 9.80 Å². The maximum atomic E-state index is 6.02. The molecule has 1 aliphatic rings. The fourth-order valence-electron chi connectivity index (χ4n) is 2.61. The molecule has 3 heteroatoms. The van der Waals surface area contributed by atoms with Crippen LogP contribution in [0, 0.1) is 0 Å². The van der Waals surface area contributed by atoms with Crippen LogP contribution in [-0.2, 0) is 0 Å². The Labute approximate surface area is 94.6 Å². The molecule has 2 unspecified atom stereocenters. The Bertz CT molecular complexity index is 205. The molecule has 90 valence electrons. The van der Waals surface area contributed by atoms with E-state index in [1.54, 1.807) is 0 Å². The van der Waals surface area contributed by atoms with Crippen molar-refractivity contribution in [2.75, 3.05) is 27.2 Å². The Kier molecular flexibility index (Phi) is 4.15. The molecule has 1 aliphatic heterocycles. The van der Waals surface area contributed by atoms with E-state index in [-0.39, 0.29) is 5.54 Å². The average molecular weight is 213 g/mol. The van der Waals surface area contributed by atoms with E-state index in [4.69, 9.17) is 5.73 Å². The highest BCUT2D eigenvalue weighted by atomic mass is 15.2. The second-order valence-electron chi connectivity index (χ2n) is 5.42. The molecule has 0 saturated carbocycles. The summed E-state index contributed by atoms with van der Waals surface area (Å²) in [4.78, 5) is 4.90. The summed E-state index contributed by atoms with van der Waals surface area (Å²) in [6.07, 6.45) is 2.38. The summed E-state index contributed by atoms with van der Waals surface area (Å²) in [7, 11) is 4.43. The van der Waals surface area contributed by atoms with Gasteiger partial charge in [0.15, 0.2) is 0 Å². The molecule has 0 aromatic carbocycles. The fourth-order valence-corrected chi connectivity index (χ4v) is 2.61. The van der Waals surface area contributed by atoms with Gasteiger partial charge in [-0.3, -0.25) is 4.90 Å². The van der Waals surface area contributed by atoms with Crippen LogP contribution in [0.2, 0.25) is 0 Å². The fraction of sp³-hybridized carbons (Fsp3) is 1.00. The number of likely N-dealkylation sites (tertiary alicyclic amines) is 1. The zero-order valence-electron chi connectivity index (χ0n) is 11.0. The van der Waals surface area contributed by atoms with Gasteiger partial charge in [0, 0.05) is 24.2 Å². The van der Waals surface area contributed by atoms with Crippen molar-refractivity contribution in [3.8, 4) is 0 Å². The molecule has 1 rings (SSSR count). The lowest BCUT2D eigenvalue weighted by atomic mass is 9.82. The summed E-state index contributed by atoms with van der Waals surface area (Å²) in [6, 6.07) is 1.22. The van der Waals surface area contributed by atoms with Gasteiger partial charge in [-0.05, 0) is 54.3 Å². The van der Waals surface area contributed by atoms with Crippen LogP contribution in [0.25, 0.3) is 0 Å². The lowest BCUT2D eigenvalue weighted by Crippen LogP contribution is -2.61. The normalized spacial score (nSPS) is 34.0. The minimum absolute atomic E-state index is 0.222. The molecule has 3 nitrogen and oxygen atoms in total. The summed E-state index contributed by atoms with van der Waals surface area (Å²) >= 11 is 0. The van der Waals surface area contributed by atoms with Gasteiger partial charge in [0.2, 0.25) is 0 Å². The highest BCUT2D eigenvalue weighted by molar-refractivity contribution is 4.98. The number of hydrogen-bond donors (Lipinski definition) is 1. The minimum atomic E-state index is 0.222. The van der Waals surface area contributed by atoms with Crippen LogP contribution in [0.15, 0.2) is 0 Å². The third-order valence-electron chi connectivity index (χ3n) is 4.26. The number of nitrogens with zero attached hydrogens (tertiary/aromatic N) is 2. The second kappa shape index (κ2) is 4.81. The Balaban J connectivity index is 2.77. The molecule has 1 saturated heterocycles. The summed E-state index contributed by atoms with van der Waals surface area (Å²) in [6.45, 7) is 8.74. The maximum absolute atomic E-state index is 6.02. The van der Waals surface area contributed by atoms with Gasteiger partial charge in [-0.25, -0.2) is 0 Å². The number of piperidine rings is 1. The quantitative estimate of drug-likeness (QED) is 0.763. The first-order valence-corrected chi connectivity index (χ1v) is 6.06. The van der Waals surface area contributed by atoms with Crippen LogP contribution in [0.1, 0.15) is 33.6 Å². The predicted molar refractivity (Wildman–Crippen MR) is 66.0 cm³/mol. The molecule has 0 amide bonds. The topological polar surface area (TPSA) is 32.5 Å². The zero-order chi connectivity index (χ0) is 11.6. The molecule has 2 atom stereocenters. The SMILES string of the molecule is CC1CC(CN)(N(C)C(C)C)CCN1C. The monoisotopic (exact) mass is 213 g/mol. The Hall–Kier alpha value is -0.120. The van der Waals surface area contributed by atoms with Gasteiger partial charge in [0.05, 0.1) is 0 Å². The molecule has 0 aromatic rings. The molecule has 2 N–H and O–H groups in total. The summed E-state index contributed by atoms with van der Waals surface area (Å²) in [5.74, 6) is 0. The predicted octanol–water partition coefficient (Wildman–Crippen LogP) is 1.14. The van der Waals surface area contributed by atoms with Crippen molar-refractivity contribution in [2.45, 2.75) is 51.2 Å². The Morgan fingerprint density at radius 2 is 2.13 bits per heavy atom. The molecule has 0 radical (unpaired) electrons. The first-order valence-electron chi connectivity index (χ1n) is 6.06. The lowest BCUT2D eigenvalue weighted by molar-refractivity contribution is 0.00961. The lowest BCUT2D eigenvalue weighted by Gasteiger charge is -2.50. The second-order valence-corrected chi connectivity index (χ2v) is 5.42. The van der Waals surface area contributed by atoms with E-state index < -0.39 is 0 Å². The van der Waals surface area contributed by atoms with Gasteiger partial charge < -0.3 is 10.6 Å². The van der Waals surface area contributed by atoms with Crippen molar-refractivity contribution in [1.29, 1.82) is 0 Å². The van der Waals surface area contributed by atoms with Crippen LogP contribution in [0.5, 0.6) is 0 Å². The summed E-state index contributed by atoms with van der Waals surface area (Å²) in [5.41, 5.74) is 6.25. The van der Waals surface area contributed by atoms with E-state index in [0.717, 1.165) is 13.1 Å². The van der Waals surface area contributed by atoms with E-state index in [1.807, 2.05) is 0 Å². The first-order chi connectivity index (χ1) is 6.93. The van der Waals surface area contributed by atoms with E-state index >= 15 is 0 Å². The summed E-state index contributed by atoms with van der Waals surface area (Å²) in [5, 5.41) is 0. The van der Waals surface area contributed by atoms with Crippen LogP contribution in [0.3, 0.4) is 0 Å². The average Bonchev–Trinajstić information content (AvgIpc) is 2.21. The molecule has 0 bridgehead atoms. The van der Waals surface area contributed by atoms with Crippen molar-refractivity contribution < 1.29 is 0 Å². The largest absolute Gasteiger partial charge is 0.329 e. The van der Waals surface area contributed by atoms with Crippen molar-refractivity contribution in [2.24, 2.45) is 5.73 Å². The van der Waals surface area contributed by atoms with Crippen LogP contribution in [-0.4, -0.2) is 54.6 Å².